The molecular formula is C51H34O. The summed E-state index contributed by atoms with van der Waals surface area (Å²) in [4.78, 5) is 0. The molecule has 0 atom stereocenters. The maximum absolute atomic E-state index is 6.41. The Morgan fingerprint density at radius 3 is 1.60 bits per heavy atom. The summed E-state index contributed by atoms with van der Waals surface area (Å²) >= 11 is 0. The van der Waals surface area contributed by atoms with Crippen molar-refractivity contribution in [2.24, 2.45) is 0 Å². The summed E-state index contributed by atoms with van der Waals surface area (Å²) < 4.78 is 6.41. The lowest BCUT2D eigenvalue weighted by molar-refractivity contribution is 0.668. The summed E-state index contributed by atoms with van der Waals surface area (Å²) in [5.74, 6) is 0. The van der Waals surface area contributed by atoms with Crippen LogP contribution in [0.3, 0.4) is 0 Å². The van der Waals surface area contributed by atoms with Crippen LogP contribution in [0.1, 0.15) is 25.0 Å². The molecule has 0 spiro atoms. The molecule has 1 aromatic heterocycles. The third-order valence-electron chi connectivity index (χ3n) is 11.6. The van der Waals surface area contributed by atoms with Gasteiger partial charge in [0.05, 0.1) is 0 Å². The van der Waals surface area contributed by atoms with Gasteiger partial charge < -0.3 is 4.42 Å². The average molecular weight is 663 g/mol. The molecule has 1 aliphatic carbocycles. The van der Waals surface area contributed by atoms with E-state index in [9.17, 15) is 0 Å². The lowest BCUT2D eigenvalue weighted by Gasteiger charge is -2.27. The van der Waals surface area contributed by atoms with Crippen molar-refractivity contribution in [2.75, 3.05) is 0 Å². The largest absolute Gasteiger partial charge is 0.455 e. The zero-order valence-corrected chi connectivity index (χ0v) is 29.1. The fraction of sp³-hybridized carbons (Fsp3) is 0.0588. The first-order valence-corrected chi connectivity index (χ1v) is 18.2. The smallest absolute Gasteiger partial charge is 0.143 e. The van der Waals surface area contributed by atoms with Crippen molar-refractivity contribution < 1.29 is 4.42 Å². The van der Waals surface area contributed by atoms with Gasteiger partial charge in [-0.15, -0.1) is 0 Å². The van der Waals surface area contributed by atoms with Gasteiger partial charge in [-0.3, -0.25) is 0 Å². The molecule has 0 saturated carbocycles. The zero-order valence-electron chi connectivity index (χ0n) is 29.1. The number of hydrogen-bond acceptors (Lipinski definition) is 1. The monoisotopic (exact) mass is 662 g/mol. The van der Waals surface area contributed by atoms with Crippen LogP contribution in [0.25, 0.3) is 98.8 Å². The summed E-state index contributed by atoms with van der Waals surface area (Å²) in [6.45, 7) is 4.83. The van der Waals surface area contributed by atoms with Gasteiger partial charge in [-0.1, -0.05) is 178 Å². The van der Waals surface area contributed by atoms with Crippen molar-refractivity contribution in [1.29, 1.82) is 0 Å². The number of benzene rings is 9. The zero-order chi connectivity index (χ0) is 34.6. The van der Waals surface area contributed by atoms with E-state index in [1.54, 1.807) is 0 Å². The molecule has 1 nitrogen and oxygen atoms in total. The van der Waals surface area contributed by atoms with E-state index in [2.05, 4.69) is 172 Å². The molecule has 0 N–H and O–H groups in total. The Labute approximate surface area is 302 Å². The minimum absolute atomic E-state index is 0.179. The van der Waals surface area contributed by atoms with E-state index in [0.717, 1.165) is 33.1 Å². The molecule has 9 aromatic carbocycles. The third kappa shape index (κ3) is 3.99. The quantitative estimate of drug-likeness (QED) is 0.172. The van der Waals surface area contributed by atoms with Gasteiger partial charge in [-0.25, -0.2) is 0 Å². The number of hydrogen-bond donors (Lipinski definition) is 0. The van der Waals surface area contributed by atoms with E-state index in [1.807, 2.05) is 12.1 Å². The fourth-order valence-corrected chi connectivity index (χ4v) is 9.47. The topological polar surface area (TPSA) is 13.1 Å². The molecule has 0 amide bonds. The first-order chi connectivity index (χ1) is 25.6. The van der Waals surface area contributed by atoms with E-state index < -0.39 is 0 Å². The van der Waals surface area contributed by atoms with E-state index in [-0.39, 0.29) is 5.41 Å². The highest BCUT2D eigenvalue weighted by molar-refractivity contribution is 6.22. The molecule has 0 aliphatic heterocycles. The van der Waals surface area contributed by atoms with Crippen LogP contribution in [0.4, 0.5) is 0 Å². The Bertz CT molecular complexity index is 3030. The number of para-hydroxylation sites is 2. The van der Waals surface area contributed by atoms with Gasteiger partial charge in [-0.2, -0.15) is 0 Å². The van der Waals surface area contributed by atoms with E-state index in [1.165, 1.54) is 76.8 Å². The molecule has 1 heteroatoms. The van der Waals surface area contributed by atoms with Gasteiger partial charge in [0.1, 0.15) is 11.2 Å². The highest BCUT2D eigenvalue weighted by Gasteiger charge is 2.39. The van der Waals surface area contributed by atoms with Gasteiger partial charge in [0, 0.05) is 21.8 Å². The van der Waals surface area contributed by atoms with Crippen molar-refractivity contribution in [3.05, 3.63) is 181 Å². The molecule has 10 aromatic rings. The molecule has 0 saturated heterocycles. The number of furan rings is 1. The van der Waals surface area contributed by atoms with Crippen LogP contribution in [0, 0.1) is 0 Å². The Morgan fingerprint density at radius 1 is 0.346 bits per heavy atom. The average Bonchev–Trinajstić information content (AvgIpc) is 3.69. The third-order valence-corrected chi connectivity index (χ3v) is 11.6. The van der Waals surface area contributed by atoms with Crippen LogP contribution in [-0.2, 0) is 5.41 Å². The number of rotatable bonds is 3. The molecule has 0 unspecified atom stereocenters. The van der Waals surface area contributed by atoms with Gasteiger partial charge in [0.2, 0.25) is 0 Å². The van der Waals surface area contributed by atoms with Crippen molar-refractivity contribution in [3.8, 4) is 44.5 Å². The van der Waals surface area contributed by atoms with Gasteiger partial charge in [0.25, 0.3) is 0 Å². The van der Waals surface area contributed by atoms with Crippen LogP contribution in [0.5, 0.6) is 0 Å². The summed E-state index contributed by atoms with van der Waals surface area (Å²) in [6.07, 6.45) is 0. The van der Waals surface area contributed by atoms with E-state index in [4.69, 9.17) is 4.42 Å². The van der Waals surface area contributed by atoms with Crippen molar-refractivity contribution in [2.45, 2.75) is 19.3 Å². The summed E-state index contributed by atoms with van der Waals surface area (Å²) in [5, 5.41) is 10.0. The molecular weight excluding hydrogens is 629 g/mol. The molecule has 1 heterocycles. The minimum atomic E-state index is -0.179. The summed E-state index contributed by atoms with van der Waals surface area (Å²) in [5.41, 5.74) is 14.6. The Morgan fingerprint density at radius 2 is 0.865 bits per heavy atom. The molecule has 11 rings (SSSR count). The lowest BCUT2D eigenvalue weighted by Crippen LogP contribution is -2.17. The summed E-state index contributed by atoms with van der Waals surface area (Å²) in [7, 11) is 0. The molecule has 0 fully saturated rings. The standard InChI is InChI=1S/C51H34O/c1-51(2)48-34-14-4-3-13-31(34)29-30-42(48)41-21-12-23-44(49(41)51)47-39-18-7-5-16-37(39)46(38-17-6-8-19-40(38)47)33-27-25-32(26-28-33)35-20-11-22-43-36-15-9-10-24-45(36)52-50(35)43/h3-30H,1-2H3. The Kier molecular flexibility index (Phi) is 6.08. The highest BCUT2D eigenvalue weighted by Crippen LogP contribution is 2.56. The van der Waals surface area contributed by atoms with Gasteiger partial charge in [0.15, 0.2) is 0 Å². The predicted molar refractivity (Wildman–Crippen MR) is 220 cm³/mol. The Hall–Kier alpha value is -6.44. The summed E-state index contributed by atoms with van der Waals surface area (Å²) in [6, 6.07) is 62.3. The molecule has 0 radical (unpaired) electrons. The molecule has 244 valence electrons. The molecule has 0 bridgehead atoms. The van der Waals surface area contributed by atoms with Gasteiger partial charge >= 0.3 is 0 Å². The van der Waals surface area contributed by atoms with Gasteiger partial charge in [-0.05, 0) is 88.5 Å². The maximum atomic E-state index is 6.41. The highest BCUT2D eigenvalue weighted by atomic mass is 16.3. The van der Waals surface area contributed by atoms with Crippen LogP contribution in [0.15, 0.2) is 174 Å². The second-order valence-corrected chi connectivity index (χ2v) is 14.8. The predicted octanol–water partition coefficient (Wildman–Crippen LogP) is 14.4. The fourth-order valence-electron chi connectivity index (χ4n) is 9.47. The second-order valence-electron chi connectivity index (χ2n) is 14.8. The molecule has 52 heavy (non-hydrogen) atoms. The minimum Gasteiger partial charge on any atom is -0.455 e. The van der Waals surface area contributed by atoms with Crippen LogP contribution in [-0.4, -0.2) is 0 Å². The maximum Gasteiger partial charge on any atom is 0.143 e. The van der Waals surface area contributed by atoms with Crippen molar-refractivity contribution in [3.63, 3.8) is 0 Å². The first-order valence-electron chi connectivity index (χ1n) is 18.2. The Balaban J connectivity index is 1.13. The molecule has 1 aliphatic rings. The lowest BCUT2D eigenvalue weighted by atomic mass is 9.76. The number of fused-ring (bicyclic) bond motifs is 10. The van der Waals surface area contributed by atoms with Crippen LogP contribution < -0.4 is 0 Å². The van der Waals surface area contributed by atoms with Crippen molar-refractivity contribution >= 4 is 54.3 Å². The van der Waals surface area contributed by atoms with Crippen LogP contribution in [0.2, 0.25) is 0 Å². The first kappa shape index (κ1) is 29.3. The van der Waals surface area contributed by atoms with E-state index >= 15 is 0 Å². The normalized spacial score (nSPS) is 13.3. The van der Waals surface area contributed by atoms with Crippen molar-refractivity contribution in [1.82, 2.24) is 0 Å². The SMILES string of the molecule is CC1(C)c2c(cccc2-c2c3ccccc3c(-c3ccc(-c4cccc5c4oc4ccccc45)cc3)c3ccccc23)-c2ccc3ccccc3c21. The second kappa shape index (κ2) is 10.8. The van der Waals surface area contributed by atoms with E-state index in [0.29, 0.717) is 0 Å². The van der Waals surface area contributed by atoms with Crippen LogP contribution >= 0.6 is 0 Å².